The first kappa shape index (κ1) is 16.1. The number of hydrogen-bond acceptors (Lipinski definition) is 4. The third-order valence-electron chi connectivity index (χ3n) is 2.80. The minimum absolute atomic E-state index is 0.0829. The zero-order valence-corrected chi connectivity index (χ0v) is 11.3. The van der Waals surface area contributed by atoms with Crippen molar-refractivity contribution in [1.29, 1.82) is 0 Å². The second kappa shape index (κ2) is 8.20. The van der Waals surface area contributed by atoms with Crippen molar-refractivity contribution in [2.75, 3.05) is 33.7 Å². The van der Waals surface area contributed by atoms with E-state index in [4.69, 9.17) is 5.11 Å². The van der Waals surface area contributed by atoms with E-state index in [1.807, 2.05) is 25.9 Å². The standard InChI is InChI=1S/C12H24N2O3/c1-10(11(2)15)14(9-6-12(16)17)8-5-7-13(3)4/h10H,5-9H2,1-4H3,(H,16,17). The van der Waals surface area contributed by atoms with Crippen molar-refractivity contribution in [3.05, 3.63) is 0 Å². The highest BCUT2D eigenvalue weighted by atomic mass is 16.4. The predicted octanol–water partition coefficient (Wildman–Crippen LogP) is 0.692. The Labute approximate surface area is 103 Å². The Kier molecular flexibility index (Phi) is 7.74. The zero-order chi connectivity index (χ0) is 13.4. The van der Waals surface area contributed by atoms with E-state index in [9.17, 15) is 9.59 Å². The Morgan fingerprint density at radius 3 is 2.18 bits per heavy atom. The van der Waals surface area contributed by atoms with Gasteiger partial charge in [0.25, 0.3) is 0 Å². The number of nitrogens with zero attached hydrogens (tertiary/aromatic N) is 2. The molecule has 0 radical (unpaired) electrons. The number of aliphatic carboxylic acids is 1. The second-order valence-corrected chi connectivity index (χ2v) is 4.62. The van der Waals surface area contributed by atoms with Crippen LogP contribution in [0.25, 0.3) is 0 Å². The van der Waals surface area contributed by atoms with Gasteiger partial charge in [0.05, 0.1) is 12.5 Å². The van der Waals surface area contributed by atoms with Gasteiger partial charge in [-0.2, -0.15) is 0 Å². The largest absolute Gasteiger partial charge is 0.481 e. The summed E-state index contributed by atoms with van der Waals surface area (Å²) in [4.78, 5) is 25.9. The molecule has 0 aliphatic carbocycles. The summed E-state index contributed by atoms with van der Waals surface area (Å²) in [5.41, 5.74) is 0. The fourth-order valence-electron chi connectivity index (χ4n) is 1.59. The van der Waals surface area contributed by atoms with Gasteiger partial charge in [0.2, 0.25) is 0 Å². The van der Waals surface area contributed by atoms with E-state index in [1.165, 1.54) is 0 Å². The lowest BCUT2D eigenvalue weighted by Crippen LogP contribution is -2.40. The van der Waals surface area contributed by atoms with Crippen molar-refractivity contribution in [3.8, 4) is 0 Å². The van der Waals surface area contributed by atoms with Crippen LogP contribution >= 0.6 is 0 Å². The number of hydrogen-bond donors (Lipinski definition) is 1. The molecule has 5 nitrogen and oxygen atoms in total. The SMILES string of the molecule is CC(=O)C(C)N(CCCN(C)C)CCC(=O)O. The summed E-state index contributed by atoms with van der Waals surface area (Å²) in [7, 11) is 3.99. The van der Waals surface area contributed by atoms with E-state index in [-0.39, 0.29) is 18.2 Å². The number of ketones is 1. The molecule has 0 aliphatic rings. The van der Waals surface area contributed by atoms with Crippen LogP contribution in [0.5, 0.6) is 0 Å². The topological polar surface area (TPSA) is 60.9 Å². The van der Waals surface area contributed by atoms with Crippen LogP contribution in [0, 0.1) is 0 Å². The van der Waals surface area contributed by atoms with Crippen LogP contribution in [0.4, 0.5) is 0 Å². The van der Waals surface area contributed by atoms with Crippen LogP contribution in [-0.2, 0) is 9.59 Å². The Bertz CT molecular complexity index is 254. The molecule has 0 fully saturated rings. The maximum atomic E-state index is 11.3. The third kappa shape index (κ3) is 7.88. The molecule has 1 N–H and O–H groups in total. The number of rotatable bonds is 9. The van der Waals surface area contributed by atoms with Gasteiger partial charge in [0.1, 0.15) is 5.78 Å². The summed E-state index contributed by atoms with van der Waals surface area (Å²) >= 11 is 0. The molecule has 0 aromatic carbocycles. The van der Waals surface area contributed by atoms with Crippen LogP contribution in [0.15, 0.2) is 0 Å². The fourth-order valence-corrected chi connectivity index (χ4v) is 1.59. The van der Waals surface area contributed by atoms with Crippen LogP contribution in [-0.4, -0.2) is 66.4 Å². The minimum Gasteiger partial charge on any atom is -0.481 e. The van der Waals surface area contributed by atoms with Gasteiger partial charge in [-0.1, -0.05) is 0 Å². The molecule has 1 atom stereocenters. The second-order valence-electron chi connectivity index (χ2n) is 4.62. The van der Waals surface area contributed by atoms with Crippen molar-refractivity contribution in [2.24, 2.45) is 0 Å². The number of Topliss-reactive ketones (excluding diaryl/α,β-unsaturated/α-hetero) is 1. The molecule has 0 bridgehead atoms. The van der Waals surface area contributed by atoms with Gasteiger partial charge in [-0.05, 0) is 40.9 Å². The molecule has 0 saturated heterocycles. The molecule has 1 unspecified atom stereocenters. The average Bonchev–Trinajstić information content (AvgIpc) is 2.21. The first-order chi connectivity index (χ1) is 7.84. The van der Waals surface area contributed by atoms with Crippen LogP contribution in [0.2, 0.25) is 0 Å². The Morgan fingerprint density at radius 1 is 1.18 bits per heavy atom. The highest BCUT2D eigenvalue weighted by Gasteiger charge is 2.18. The van der Waals surface area contributed by atoms with Gasteiger partial charge in [-0.25, -0.2) is 0 Å². The zero-order valence-electron chi connectivity index (χ0n) is 11.3. The average molecular weight is 244 g/mol. The lowest BCUT2D eigenvalue weighted by atomic mass is 10.2. The molecular formula is C12H24N2O3. The van der Waals surface area contributed by atoms with E-state index in [0.29, 0.717) is 6.54 Å². The lowest BCUT2D eigenvalue weighted by Gasteiger charge is -2.27. The Morgan fingerprint density at radius 2 is 1.76 bits per heavy atom. The molecular weight excluding hydrogens is 220 g/mol. The highest BCUT2D eigenvalue weighted by Crippen LogP contribution is 2.04. The minimum atomic E-state index is -0.821. The number of carbonyl (C=O) groups is 2. The van der Waals surface area contributed by atoms with Gasteiger partial charge < -0.3 is 10.0 Å². The smallest absolute Gasteiger partial charge is 0.304 e. The molecule has 0 heterocycles. The van der Waals surface area contributed by atoms with Crippen molar-refractivity contribution in [1.82, 2.24) is 9.80 Å². The molecule has 17 heavy (non-hydrogen) atoms. The van der Waals surface area contributed by atoms with Gasteiger partial charge in [-0.3, -0.25) is 14.5 Å². The molecule has 100 valence electrons. The van der Waals surface area contributed by atoms with Crippen molar-refractivity contribution >= 4 is 11.8 Å². The van der Waals surface area contributed by atoms with E-state index < -0.39 is 5.97 Å². The highest BCUT2D eigenvalue weighted by molar-refractivity contribution is 5.81. The lowest BCUT2D eigenvalue weighted by molar-refractivity contribution is -0.138. The molecule has 0 rings (SSSR count). The summed E-state index contributed by atoms with van der Waals surface area (Å²) in [6.45, 7) is 5.51. The number of carbonyl (C=O) groups excluding carboxylic acids is 1. The molecule has 0 aromatic rings. The third-order valence-corrected chi connectivity index (χ3v) is 2.80. The van der Waals surface area contributed by atoms with Gasteiger partial charge >= 0.3 is 5.97 Å². The number of carboxylic acids is 1. The molecule has 5 heteroatoms. The Balaban J connectivity index is 4.19. The van der Waals surface area contributed by atoms with Crippen molar-refractivity contribution in [3.63, 3.8) is 0 Å². The maximum Gasteiger partial charge on any atom is 0.304 e. The molecule has 0 amide bonds. The quantitative estimate of drug-likeness (QED) is 0.646. The monoisotopic (exact) mass is 244 g/mol. The summed E-state index contributed by atoms with van der Waals surface area (Å²) < 4.78 is 0. The van der Waals surface area contributed by atoms with E-state index in [0.717, 1.165) is 19.5 Å². The molecule has 0 aliphatic heterocycles. The normalized spacial score (nSPS) is 13.1. The fraction of sp³-hybridized carbons (Fsp3) is 0.833. The Hall–Kier alpha value is -0.940. The predicted molar refractivity (Wildman–Crippen MR) is 67.1 cm³/mol. The summed E-state index contributed by atoms with van der Waals surface area (Å²) in [5.74, 6) is -0.737. The van der Waals surface area contributed by atoms with Gasteiger partial charge in [0, 0.05) is 13.1 Å². The summed E-state index contributed by atoms with van der Waals surface area (Å²) in [6.07, 6.45) is 1.02. The summed E-state index contributed by atoms with van der Waals surface area (Å²) in [5, 5.41) is 8.68. The van der Waals surface area contributed by atoms with Crippen LogP contribution < -0.4 is 0 Å². The van der Waals surface area contributed by atoms with E-state index in [2.05, 4.69) is 4.90 Å². The first-order valence-corrected chi connectivity index (χ1v) is 5.95. The van der Waals surface area contributed by atoms with E-state index in [1.54, 1.807) is 6.92 Å². The van der Waals surface area contributed by atoms with Crippen LogP contribution in [0.3, 0.4) is 0 Å². The van der Waals surface area contributed by atoms with E-state index >= 15 is 0 Å². The summed E-state index contributed by atoms with van der Waals surface area (Å²) in [6, 6.07) is -0.198. The van der Waals surface area contributed by atoms with Crippen molar-refractivity contribution < 1.29 is 14.7 Å². The van der Waals surface area contributed by atoms with Gasteiger partial charge in [0.15, 0.2) is 0 Å². The molecule has 0 saturated carbocycles. The first-order valence-electron chi connectivity index (χ1n) is 5.95. The number of carboxylic acid groups (broad SMARTS) is 1. The molecule has 0 spiro atoms. The van der Waals surface area contributed by atoms with Crippen LogP contribution in [0.1, 0.15) is 26.7 Å². The maximum absolute atomic E-state index is 11.3. The van der Waals surface area contributed by atoms with Gasteiger partial charge in [-0.15, -0.1) is 0 Å². The molecule has 0 aromatic heterocycles. The van der Waals surface area contributed by atoms with Crippen molar-refractivity contribution in [2.45, 2.75) is 32.7 Å².